The van der Waals surface area contributed by atoms with E-state index in [9.17, 15) is 20.2 Å². The molecule has 2 N–H and O–H groups in total. The first-order valence-electron chi connectivity index (χ1n) is 8.72. The molecule has 0 aromatic heterocycles. The Kier molecular flexibility index (Phi) is 7.98. The maximum atomic E-state index is 10.9. The molecule has 2 rings (SSSR count). The molecule has 0 bridgehead atoms. The molecule has 2 aromatic carbocycles. The third-order valence-corrected chi connectivity index (χ3v) is 3.86. The fraction of sp³-hybridized carbons (Fsp3) is 0.333. The van der Waals surface area contributed by atoms with Gasteiger partial charge in [0, 0.05) is 26.2 Å². The van der Waals surface area contributed by atoms with Gasteiger partial charge in [-0.2, -0.15) is 0 Å². The molecule has 11 nitrogen and oxygen atoms in total. The van der Waals surface area contributed by atoms with E-state index in [0.717, 1.165) is 0 Å². The smallest absolute Gasteiger partial charge is 0.273 e. The van der Waals surface area contributed by atoms with E-state index < -0.39 is 9.85 Å². The van der Waals surface area contributed by atoms with E-state index in [1.165, 1.54) is 24.3 Å². The highest BCUT2D eigenvalue weighted by Gasteiger charge is 2.12. The van der Waals surface area contributed by atoms with Gasteiger partial charge in [0.05, 0.1) is 46.6 Å². The second kappa shape index (κ2) is 10.7. The summed E-state index contributed by atoms with van der Waals surface area (Å²) in [5.41, 5.74) is 1.13. The third-order valence-electron chi connectivity index (χ3n) is 3.86. The minimum Gasteiger partial charge on any atom is -0.489 e. The number of benzene rings is 2. The fourth-order valence-electron chi connectivity index (χ4n) is 2.42. The molecule has 0 spiro atoms. The number of rotatable bonds is 12. The van der Waals surface area contributed by atoms with Gasteiger partial charge < -0.3 is 24.8 Å². The Labute approximate surface area is 166 Å². The zero-order valence-electron chi connectivity index (χ0n) is 16.0. The van der Waals surface area contributed by atoms with Crippen molar-refractivity contribution in [2.45, 2.75) is 0 Å². The van der Waals surface area contributed by atoms with Gasteiger partial charge in [0.25, 0.3) is 11.4 Å². The van der Waals surface area contributed by atoms with Crippen molar-refractivity contribution in [3.05, 3.63) is 56.6 Å². The van der Waals surface area contributed by atoms with Crippen LogP contribution in [-0.4, -0.2) is 50.4 Å². The van der Waals surface area contributed by atoms with Gasteiger partial charge in [0.1, 0.15) is 24.7 Å². The number of nitrogens with zero attached hydrogens (tertiary/aromatic N) is 2. The number of nitro benzene ring substituents is 2. The van der Waals surface area contributed by atoms with Crippen LogP contribution in [0.4, 0.5) is 22.7 Å². The molecule has 0 saturated carbocycles. The molecule has 29 heavy (non-hydrogen) atoms. The Hall–Kier alpha value is -3.60. The van der Waals surface area contributed by atoms with E-state index in [2.05, 4.69) is 10.6 Å². The minimum atomic E-state index is -0.493. The molecule has 0 atom stereocenters. The largest absolute Gasteiger partial charge is 0.489 e. The summed E-state index contributed by atoms with van der Waals surface area (Å²) in [6.07, 6.45) is 0. The average Bonchev–Trinajstić information content (AvgIpc) is 2.72. The fourth-order valence-corrected chi connectivity index (χ4v) is 2.42. The number of non-ortho nitro benzene ring substituents is 2. The molecule has 11 heteroatoms. The van der Waals surface area contributed by atoms with Gasteiger partial charge in [-0.3, -0.25) is 20.2 Å². The van der Waals surface area contributed by atoms with Gasteiger partial charge in [-0.1, -0.05) is 0 Å². The molecule has 0 saturated heterocycles. The number of nitro groups is 2. The highest BCUT2D eigenvalue weighted by molar-refractivity contribution is 5.61. The second-order valence-electron chi connectivity index (χ2n) is 5.68. The monoisotopic (exact) mass is 406 g/mol. The maximum absolute atomic E-state index is 10.9. The Bertz CT molecular complexity index is 791. The summed E-state index contributed by atoms with van der Waals surface area (Å²) in [6, 6.07) is 8.61. The Morgan fingerprint density at radius 1 is 0.759 bits per heavy atom. The van der Waals surface area contributed by atoms with E-state index in [0.29, 0.717) is 22.9 Å². The van der Waals surface area contributed by atoms with E-state index in [1.54, 1.807) is 26.2 Å². The summed E-state index contributed by atoms with van der Waals surface area (Å²) in [5.74, 6) is 0.716. The summed E-state index contributed by atoms with van der Waals surface area (Å²) in [6.45, 7) is 0.856. The molecule has 2 aromatic rings. The van der Waals surface area contributed by atoms with Crippen LogP contribution in [0.2, 0.25) is 0 Å². The van der Waals surface area contributed by atoms with Crippen LogP contribution in [0.3, 0.4) is 0 Å². The lowest BCUT2D eigenvalue weighted by Crippen LogP contribution is -2.13. The van der Waals surface area contributed by atoms with Crippen LogP contribution in [0.1, 0.15) is 0 Å². The van der Waals surface area contributed by atoms with Crippen LogP contribution in [0, 0.1) is 20.2 Å². The highest BCUT2D eigenvalue weighted by Crippen LogP contribution is 2.29. The second-order valence-corrected chi connectivity index (χ2v) is 5.68. The SMILES string of the molecule is CNc1ccc([N+](=O)[O-])cc1OCCOCCOc1cc([N+](=O)[O-])ccc1NC. The van der Waals surface area contributed by atoms with Gasteiger partial charge in [0.2, 0.25) is 0 Å². The number of hydrogen-bond donors (Lipinski definition) is 2. The van der Waals surface area contributed by atoms with E-state index in [1.807, 2.05) is 0 Å². The van der Waals surface area contributed by atoms with Crippen molar-refractivity contribution < 1.29 is 24.1 Å². The molecule has 0 heterocycles. The lowest BCUT2D eigenvalue weighted by molar-refractivity contribution is -0.385. The summed E-state index contributed by atoms with van der Waals surface area (Å²) < 4.78 is 16.5. The predicted molar refractivity (Wildman–Crippen MR) is 107 cm³/mol. The van der Waals surface area contributed by atoms with E-state index in [-0.39, 0.29) is 37.8 Å². The molecule has 0 unspecified atom stereocenters. The molecule has 0 fully saturated rings. The van der Waals surface area contributed by atoms with Crippen LogP contribution < -0.4 is 20.1 Å². The summed E-state index contributed by atoms with van der Waals surface area (Å²) in [5, 5.41) is 27.5. The first kappa shape index (κ1) is 21.7. The van der Waals surface area contributed by atoms with Gasteiger partial charge in [-0.05, 0) is 12.1 Å². The number of hydrogen-bond acceptors (Lipinski definition) is 9. The molecule has 0 aliphatic rings. The van der Waals surface area contributed by atoms with Gasteiger partial charge in [-0.15, -0.1) is 0 Å². The van der Waals surface area contributed by atoms with Crippen molar-refractivity contribution in [2.75, 3.05) is 51.2 Å². The normalized spacial score (nSPS) is 10.3. The van der Waals surface area contributed by atoms with E-state index >= 15 is 0 Å². The predicted octanol–water partition coefficient (Wildman–Crippen LogP) is 3.06. The van der Waals surface area contributed by atoms with Crippen molar-refractivity contribution in [1.29, 1.82) is 0 Å². The molecular weight excluding hydrogens is 384 g/mol. The van der Waals surface area contributed by atoms with Crippen LogP contribution in [-0.2, 0) is 4.74 Å². The quantitative estimate of drug-likeness (QED) is 0.309. The van der Waals surface area contributed by atoms with Crippen molar-refractivity contribution in [1.82, 2.24) is 0 Å². The maximum Gasteiger partial charge on any atom is 0.273 e. The van der Waals surface area contributed by atoms with Crippen molar-refractivity contribution in [3.63, 3.8) is 0 Å². The van der Waals surface area contributed by atoms with Crippen LogP contribution in [0.25, 0.3) is 0 Å². The van der Waals surface area contributed by atoms with Gasteiger partial charge in [-0.25, -0.2) is 0 Å². The van der Waals surface area contributed by atoms with Crippen molar-refractivity contribution >= 4 is 22.7 Å². The van der Waals surface area contributed by atoms with Gasteiger partial charge in [0.15, 0.2) is 0 Å². The lowest BCUT2D eigenvalue weighted by Gasteiger charge is -2.12. The van der Waals surface area contributed by atoms with Crippen LogP contribution >= 0.6 is 0 Å². The molecular formula is C18H22N4O7. The zero-order valence-corrected chi connectivity index (χ0v) is 16.0. The number of ether oxygens (including phenoxy) is 3. The third kappa shape index (κ3) is 6.21. The molecule has 0 amide bonds. The summed E-state index contributed by atoms with van der Waals surface area (Å²) >= 11 is 0. The summed E-state index contributed by atoms with van der Waals surface area (Å²) in [4.78, 5) is 20.8. The van der Waals surface area contributed by atoms with E-state index in [4.69, 9.17) is 14.2 Å². The standard InChI is InChI=1S/C18H22N4O7/c1-19-15-5-3-13(21(23)24)11-17(15)28-9-7-27-8-10-29-18-12-14(22(25)26)4-6-16(18)20-2/h3-6,11-12,19-20H,7-10H2,1-2H3. The Morgan fingerprint density at radius 2 is 1.17 bits per heavy atom. The topological polar surface area (TPSA) is 138 Å². The first-order chi connectivity index (χ1) is 14.0. The van der Waals surface area contributed by atoms with Crippen molar-refractivity contribution in [3.8, 4) is 11.5 Å². The first-order valence-corrected chi connectivity index (χ1v) is 8.72. The molecule has 0 aliphatic heterocycles. The van der Waals surface area contributed by atoms with Crippen LogP contribution in [0.5, 0.6) is 11.5 Å². The molecule has 156 valence electrons. The molecule has 0 aliphatic carbocycles. The molecule has 0 radical (unpaired) electrons. The van der Waals surface area contributed by atoms with Crippen LogP contribution in [0.15, 0.2) is 36.4 Å². The van der Waals surface area contributed by atoms with Gasteiger partial charge >= 0.3 is 0 Å². The number of nitrogens with one attached hydrogen (secondary N) is 2. The lowest BCUT2D eigenvalue weighted by atomic mass is 10.2. The van der Waals surface area contributed by atoms with Crippen molar-refractivity contribution in [2.24, 2.45) is 0 Å². The minimum absolute atomic E-state index is 0.0642. The summed E-state index contributed by atoms with van der Waals surface area (Å²) in [7, 11) is 3.38. The zero-order chi connectivity index (χ0) is 21.2. The Morgan fingerprint density at radius 3 is 1.52 bits per heavy atom. The number of anilines is 2. The Balaban J connectivity index is 1.77. The highest BCUT2D eigenvalue weighted by atomic mass is 16.6. The average molecular weight is 406 g/mol.